The van der Waals surface area contributed by atoms with Crippen molar-refractivity contribution in [1.82, 2.24) is 5.32 Å². The number of rotatable bonds is 69. The molecule has 572 valence electrons. The highest BCUT2D eigenvalue weighted by Crippen LogP contribution is 2.30. The Hall–Kier alpha value is -2.57. The zero-order valence-corrected chi connectivity index (χ0v) is 62.8. The van der Waals surface area contributed by atoms with Crippen molar-refractivity contribution >= 4 is 5.91 Å². The van der Waals surface area contributed by atoms with Crippen LogP contribution in [-0.4, -0.2) is 140 Å². The Morgan fingerprint density at radius 2 is 0.684 bits per heavy atom. The number of carbonyl (C=O) groups is 1. The molecule has 12 atom stereocenters. The van der Waals surface area contributed by atoms with Crippen LogP contribution in [0, 0.1) is 0 Å². The van der Waals surface area contributed by atoms with Crippen molar-refractivity contribution in [1.29, 1.82) is 0 Å². The summed E-state index contributed by atoms with van der Waals surface area (Å²) in [5.41, 5.74) is 0. The van der Waals surface area contributed by atoms with E-state index in [1.807, 2.05) is 6.08 Å². The average molecular weight is 1390 g/mol. The van der Waals surface area contributed by atoms with E-state index in [-0.39, 0.29) is 18.9 Å². The molecule has 0 saturated carbocycles. The summed E-state index contributed by atoms with van der Waals surface area (Å²) in [5.74, 6) is -0.248. The smallest absolute Gasteiger partial charge is 0.220 e. The highest BCUT2D eigenvalue weighted by molar-refractivity contribution is 5.76. The summed E-state index contributed by atoms with van der Waals surface area (Å²) < 4.78 is 22.9. The summed E-state index contributed by atoms with van der Waals surface area (Å²) in [4.78, 5) is 13.4. The van der Waals surface area contributed by atoms with Gasteiger partial charge in [-0.2, -0.15) is 0 Å². The first-order chi connectivity index (χ1) is 48.1. The highest BCUT2D eigenvalue weighted by Gasteiger charge is 2.51. The van der Waals surface area contributed by atoms with Crippen LogP contribution in [0.3, 0.4) is 0 Å². The van der Waals surface area contributed by atoms with Crippen LogP contribution in [-0.2, 0) is 23.7 Å². The van der Waals surface area contributed by atoms with Gasteiger partial charge in [0.1, 0.15) is 48.8 Å². The molecule has 12 unspecified atom stereocenters. The molecule has 14 heteroatoms. The van der Waals surface area contributed by atoms with Gasteiger partial charge in [-0.05, 0) is 83.5 Å². The lowest BCUT2D eigenvalue weighted by molar-refractivity contribution is -0.359. The minimum Gasteiger partial charge on any atom is -0.394 e. The van der Waals surface area contributed by atoms with Gasteiger partial charge in [0, 0.05) is 6.42 Å². The molecule has 9 N–H and O–H groups in total. The molecule has 98 heavy (non-hydrogen) atoms. The number of allylic oxidation sites excluding steroid dienone is 11. The van der Waals surface area contributed by atoms with Gasteiger partial charge in [-0.15, -0.1) is 0 Å². The summed E-state index contributed by atoms with van der Waals surface area (Å²) in [5, 5.41) is 87.7. The van der Waals surface area contributed by atoms with Crippen molar-refractivity contribution in [3.8, 4) is 0 Å². The third-order valence-electron chi connectivity index (χ3n) is 19.8. The summed E-state index contributed by atoms with van der Waals surface area (Å²) in [6.45, 7) is 2.81. The van der Waals surface area contributed by atoms with E-state index < -0.39 is 86.8 Å². The molecule has 2 saturated heterocycles. The molecule has 14 nitrogen and oxygen atoms in total. The van der Waals surface area contributed by atoms with E-state index in [1.54, 1.807) is 6.08 Å². The second kappa shape index (κ2) is 67.6. The number of carbonyl (C=O) groups excluding carboxylic acids is 1. The monoisotopic (exact) mass is 1380 g/mol. The molecule has 0 aromatic heterocycles. The lowest BCUT2D eigenvalue weighted by atomic mass is 9.97. The topological polar surface area (TPSA) is 228 Å². The number of hydrogen-bond donors (Lipinski definition) is 9. The predicted molar refractivity (Wildman–Crippen MR) is 406 cm³/mol. The average Bonchev–Trinajstić information content (AvgIpc) is 0.797. The van der Waals surface area contributed by atoms with E-state index >= 15 is 0 Å². The lowest BCUT2D eigenvalue weighted by Gasteiger charge is -2.46. The van der Waals surface area contributed by atoms with Gasteiger partial charge in [0.05, 0.1) is 32.0 Å². The quantitative estimate of drug-likeness (QED) is 0.0204. The molecule has 0 aliphatic carbocycles. The zero-order valence-electron chi connectivity index (χ0n) is 62.8. The maximum atomic E-state index is 13.4. The van der Waals surface area contributed by atoms with Crippen LogP contribution in [0.1, 0.15) is 361 Å². The Labute approximate surface area is 599 Å². The minimum absolute atomic E-state index is 0.248. The van der Waals surface area contributed by atoms with Crippen molar-refractivity contribution in [3.63, 3.8) is 0 Å². The molecule has 2 rings (SSSR count). The first-order valence-electron chi connectivity index (χ1n) is 41.2. The molecule has 1 amide bonds. The van der Waals surface area contributed by atoms with Gasteiger partial charge in [0.15, 0.2) is 12.6 Å². The zero-order chi connectivity index (χ0) is 70.8. The van der Waals surface area contributed by atoms with Crippen LogP contribution in [0.25, 0.3) is 0 Å². The van der Waals surface area contributed by atoms with Crippen LogP contribution >= 0.6 is 0 Å². The molecule has 2 heterocycles. The third kappa shape index (κ3) is 49.9. The highest BCUT2D eigenvalue weighted by atomic mass is 16.7. The molecular formula is C84H153NO13. The fourth-order valence-corrected chi connectivity index (χ4v) is 13.3. The number of ether oxygens (including phenoxy) is 4. The van der Waals surface area contributed by atoms with Gasteiger partial charge >= 0.3 is 0 Å². The molecule has 0 spiro atoms. The fourth-order valence-electron chi connectivity index (χ4n) is 13.3. The maximum Gasteiger partial charge on any atom is 0.220 e. The molecular weight excluding hydrogens is 1230 g/mol. The minimum atomic E-state index is -1.80. The van der Waals surface area contributed by atoms with E-state index in [4.69, 9.17) is 18.9 Å². The van der Waals surface area contributed by atoms with Crippen LogP contribution < -0.4 is 5.32 Å². The van der Waals surface area contributed by atoms with Crippen LogP contribution in [0.2, 0.25) is 0 Å². The lowest BCUT2D eigenvalue weighted by Crippen LogP contribution is -2.65. The van der Waals surface area contributed by atoms with Gasteiger partial charge in [0.2, 0.25) is 5.91 Å². The fraction of sp³-hybridized carbons (Fsp3) is 0.845. The number of aliphatic hydroxyl groups excluding tert-OH is 8. The summed E-state index contributed by atoms with van der Waals surface area (Å²) in [6.07, 6.45) is 77.1. The predicted octanol–water partition coefficient (Wildman–Crippen LogP) is 18.9. The van der Waals surface area contributed by atoms with Crippen LogP contribution in [0.5, 0.6) is 0 Å². The molecule has 2 aliphatic heterocycles. The van der Waals surface area contributed by atoms with Crippen molar-refractivity contribution < 1.29 is 64.6 Å². The molecule has 0 radical (unpaired) electrons. The summed E-state index contributed by atoms with van der Waals surface area (Å²) >= 11 is 0. The number of amides is 1. The normalized spacial score (nSPS) is 22.4. The first-order valence-corrected chi connectivity index (χ1v) is 41.2. The van der Waals surface area contributed by atoms with E-state index in [0.29, 0.717) is 12.8 Å². The van der Waals surface area contributed by atoms with Crippen LogP contribution in [0.15, 0.2) is 72.9 Å². The van der Waals surface area contributed by atoms with Gasteiger partial charge in [-0.3, -0.25) is 4.79 Å². The van der Waals surface area contributed by atoms with Crippen molar-refractivity contribution in [2.75, 3.05) is 19.8 Å². The Morgan fingerprint density at radius 1 is 0.367 bits per heavy atom. The van der Waals surface area contributed by atoms with Gasteiger partial charge < -0.3 is 65.1 Å². The van der Waals surface area contributed by atoms with Crippen LogP contribution in [0.4, 0.5) is 0 Å². The Morgan fingerprint density at radius 3 is 1.07 bits per heavy atom. The Balaban J connectivity index is 1.62. The Kier molecular flexibility index (Phi) is 63.1. The maximum absolute atomic E-state index is 13.4. The van der Waals surface area contributed by atoms with Gasteiger partial charge in [-0.1, -0.05) is 344 Å². The van der Waals surface area contributed by atoms with Crippen molar-refractivity contribution in [2.24, 2.45) is 0 Å². The molecule has 0 bridgehead atoms. The molecule has 0 aromatic rings. The molecule has 0 aromatic carbocycles. The van der Waals surface area contributed by atoms with E-state index in [9.17, 15) is 45.6 Å². The van der Waals surface area contributed by atoms with E-state index in [0.717, 1.165) is 57.8 Å². The first kappa shape index (κ1) is 91.5. The van der Waals surface area contributed by atoms with E-state index in [2.05, 4.69) is 79.9 Å². The third-order valence-corrected chi connectivity index (χ3v) is 19.8. The van der Waals surface area contributed by atoms with Gasteiger partial charge in [-0.25, -0.2) is 0 Å². The number of nitrogens with one attached hydrogen (secondary N) is 1. The number of aliphatic hydroxyl groups is 8. The second-order valence-electron chi connectivity index (χ2n) is 28.9. The number of unbranched alkanes of at least 4 members (excludes halogenated alkanes) is 46. The van der Waals surface area contributed by atoms with Gasteiger partial charge in [0.25, 0.3) is 0 Å². The van der Waals surface area contributed by atoms with E-state index in [1.165, 1.54) is 270 Å². The largest absolute Gasteiger partial charge is 0.394 e. The number of hydrogen-bond acceptors (Lipinski definition) is 13. The summed E-state index contributed by atoms with van der Waals surface area (Å²) in [7, 11) is 0. The standard InChI is InChI=1S/C84H153NO13/c1-3-5-7-9-11-13-15-17-19-21-23-25-27-29-31-33-34-35-36-37-38-40-42-44-46-48-50-52-54-56-58-60-62-64-66-68-76(89)85-72(71-95-83-81(94)79(92)82(75(70-87)97-83)98-84-80(93)78(91)77(90)74(69-86)96-84)73(88)67-65-63-61-59-57-55-53-51-49-47-45-43-41-39-32-30-28-26-24-22-20-18-16-14-12-10-8-6-4-2/h15,17,21,23,27,29,49,51,57,59,65,67,72-75,77-84,86-88,90-94H,3-14,16,18-20,22,24-26,28,30-48,50,52-56,58,60-64,66,68-71H2,1-2H3,(H,85,89)/b17-15-,23-21-,29-27-,51-49+,59-57+,67-65+. The Bertz CT molecular complexity index is 1920. The SMILES string of the molecule is CCCCCCC/C=C\C/C=C\C/C=C\CCCCCCCCCCCCCCCCCCCCCCC(=O)NC(COC1OC(CO)C(OC2OC(CO)C(O)C(O)C2O)C(O)C1O)C(O)/C=C/CC/C=C/CC/C=C/CCCCCCCCCCCCCCCCCCCCC. The van der Waals surface area contributed by atoms with Crippen molar-refractivity contribution in [3.05, 3.63) is 72.9 Å². The second-order valence-corrected chi connectivity index (χ2v) is 28.9. The summed E-state index contributed by atoms with van der Waals surface area (Å²) in [6, 6.07) is -0.942. The van der Waals surface area contributed by atoms with Crippen molar-refractivity contribution in [2.45, 2.75) is 434 Å². The molecule has 2 aliphatic rings. The molecule has 2 fully saturated rings.